The van der Waals surface area contributed by atoms with E-state index in [1.807, 2.05) is 39.8 Å². The third-order valence-corrected chi connectivity index (χ3v) is 5.40. The number of carbonyl (C=O) groups is 1. The first kappa shape index (κ1) is 23.5. The van der Waals surface area contributed by atoms with E-state index in [0.29, 0.717) is 17.2 Å². The molecule has 0 radical (unpaired) electrons. The number of nitrogens with one attached hydrogen (secondary N) is 1. The molecule has 2 aromatic rings. The summed E-state index contributed by atoms with van der Waals surface area (Å²) in [5.74, 6) is 0.796. The normalized spacial score (nSPS) is 11.3. The second kappa shape index (κ2) is 9.84. The third-order valence-electron chi connectivity index (χ3n) is 4.26. The van der Waals surface area contributed by atoms with E-state index < -0.39 is 15.9 Å². The number of hydrogen-bond donors (Lipinski definition) is 1. The highest BCUT2D eigenvalue weighted by Crippen LogP contribution is 2.29. The van der Waals surface area contributed by atoms with Crippen molar-refractivity contribution in [2.24, 2.45) is 0 Å². The number of amides is 1. The summed E-state index contributed by atoms with van der Waals surface area (Å²) in [4.78, 5) is 12.5. The lowest BCUT2D eigenvalue weighted by Gasteiger charge is -2.23. The van der Waals surface area contributed by atoms with Gasteiger partial charge in [-0.15, -0.1) is 0 Å². The monoisotopic (exact) mass is 434 g/mol. The first-order valence-electron chi connectivity index (χ1n) is 9.66. The van der Waals surface area contributed by atoms with Gasteiger partial charge in [0.05, 0.1) is 25.2 Å². The van der Waals surface area contributed by atoms with Crippen LogP contribution < -0.4 is 19.1 Å². The summed E-state index contributed by atoms with van der Waals surface area (Å²) >= 11 is 0. The number of rotatable bonds is 9. The molecular weight excluding hydrogens is 404 g/mol. The fourth-order valence-electron chi connectivity index (χ4n) is 3.05. The summed E-state index contributed by atoms with van der Waals surface area (Å²) in [5.41, 5.74) is 3.14. The zero-order valence-electron chi connectivity index (χ0n) is 18.4. The van der Waals surface area contributed by atoms with E-state index in [0.717, 1.165) is 27.3 Å². The van der Waals surface area contributed by atoms with Crippen molar-refractivity contribution in [2.75, 3.05) is 24.2 Å². The second-order valence-electron chi connectivity index (χ2n) is 7.54. The SMILES string of the molecule is COc1cc(CNC(=O)CN(c2cc(C)cc(C)c2)S(C)(=O)=O)ccc1OC(C)C. The minimum absolute atomic E-state index is 0.0108. The van der Waals surface area contributed by atoms with Crippen LogP contribution in [0.25, 0.3) is 0 Å². The summed E-state index contributed by atoms with van der Waals surface area (Å²) < 4.78 is 36.7. The summed E-state index contributed by atoms with van der Waals surface area (Å²) in [7, 11) is -2.07. The molecule has 0 fully saturated rings. The Bertz CT molecular complexity index is 982. The highest BCUT2D eigenvalue weighted by molar-refractivity contribution is 7.92. The number of anilines is 1. The molecule has 30 heavy (non-hydrogen) atoms. The maximum absolute atomic E-state index is 12.5. The van der Waals surface area contributed by atoms with Crippen LogP contribution in [0.4, 0.5) is 5.69 Å². The number of ether oxygens (including phenoxy) is 2. The lowest BCUT2D eigenvalue weighted by molar-refractivity contribution is -0.119. The molecule has 0 heterocycles. The zero-order valence-corrected chi connectivity index (χ0v) is 19.2. The van der Waals surface area contributed by atoms with Crippen LogP contribution >= 0.6 is 0 Å². The molecule has 164 valence electrons. The van der Waals surface area contributed by atoms with Crippen molar-refractivity contribution in [1.29, 1.82) is 0 Å². The van der Waals surface area contributed by atoms with E-state index >= 15 is 0 Å². The average Bonchev–Trinajstić information content (AvgIpc) is 2.63. The van der Waals surface area contributed by atoms with Gasteiger partial charge in [0.25, 0.3) is 0 Å². The summed E-state index contributed by atoms with van der Waals surface area (Å²) in [6.45, 7) is 7.57. The Morgan fingerprint density at radius 1 is 1.07 bits per heavy atom. The third kappa shape index (κ3) is 6.66. The van der Waals surface area contributed by atoms with Gasteiger partial charge in [0.1, 0.15) is 6.54 Å². The Balaban J connectivity index is 2.11. The van der Waals surface area contributed by atoms with Crippen LogP contribution in [0.3, 0.4) is 0 Å². The summed E-state index contributed by atoms with van der Waals surface area (Å²) in [6.07, 6.45) is 1.10. The molecule has 0 atom stereocenters. The summed E-state index contributed by atoms with van der Waals surface area (Å²) in [5, 5.41) is 2.77. The van der Waals surface area contributed by atoms with Gasteiger partial charge >= 0.3 is 0 Å². The largest absolute Gasteiger partial charge is 0.493 e. The van der Waals surface area contributed by atoms with Gasteiger partial charge in [-0.3, -0.25) is 9.10 Å². The van der Waals surface area contributed by atoms with Crippen LogP contribution in [0, 0.1) is 13.8 Å². The molecule has 0 bridgehead atoms. The molecule has 0 aliphatic heterocycles. The van der Waals surface area contributed by atoms with Crippen molar-refractivity contribution in [1.82, 2.24) is 5.32 Å². The molecule has 1 N–H and O–H groups in total. The van der Waals surface area contributed by atoms with E-state index in [9.17, 15) is 13.2 Å². The lowest BCUT2D eigenvalue weighted by Crippen LogP contribution is -2.40. The van der Waals surface area contributed by atoms with E-state index in [2.05, 4.69) is 5.32 Å². The predicted octanol–water partition coefficient (Wildman–Crippen LogP) is 3.18. The Morgan fingerprint density at radius 3 is 2.23 bits per heavy atom. The number of hydrogen-bond acceptors (Lipinski definition) is 5. The Kier molecular flexibility index (Phi) is 7.72. The van der Waals surface area contributed by atoms with Crippen LogP contribution in [0.15, 0.2) is 36.4 Å². The van der Waals surface area contributed by atoms with Crippen molar-refractivity contribution in [3.05, 3.63) is 53.1 Å². The highest BCUT2D eigenvalue weighted by atomic mass is 32.2. The van der Waals surface area contributed by atoms with Crippen LogP contribution in [0.1, 0.15) is 30.5 Å². The first-order valence-corrected chi connectivity index (χ1v) is 11.5. The van der Waals surface area contributed by atoms with E-state index in [4.69, 9.17) is 9.47 Å². The maximum atomic E-state index is 12.5. The van der Waals surface area contributed by atoms with Gasteiger partial charge in [-0.1, -0.05) is 12.1 Å². The molecule has 0 unspecified atom stereocenters. The van der Waals surface area contributed by atoms with Crippen molar-refractivity contribution in [3.63, 3.8) is 0 Å². The fraction of sp³-hybridized carbons (Fsp3) is 0.409. The molecule has 0 saturated heterocycles. The average molecular weight is 435 g/mol. The Hall–Kier alpha value is -2.74. The van der Waals surface area contributed by atoms with Gasteiger partial charge < -0.3 is 14.8 Å². The van der Waals surface area contributed by atoms with Crippen molar-refractivity contribution < 1.29 is 22.7 Å². The number of sulfonamides is 1. The summed E-state index contributed by atoms with van der Waals surface area (Å²) in [6, 6.07) is 10.9. The van der Waals surface area contributed by atoms with Gasteiger partial charge in [-0.25, -0.2) is 8.42 Å². The molecule has 0 aromatic heterocycles. The molecule has 0 aliphatic rings. The molecule has 7 nitrogen and oxygen atoms in total. The first-order chi connectivity index (χ1) is 14.0. The molecule has 0 saturated carbocycles. The number of nitrogens with zero attached hydrogens (tertiary/aromatic N) is 1. The van der Waals surface area contributed by atoms with Crippen LogP contribution in [0.5, 0.6) is 11.5 Å². The minimum Gasteiger partial charge on any atom is -0.493 e. The quantitative estimate of drug-likeness (QED) is 0.655. The maximum Gasteiger partial charge on any atom is 0.241 e. The van der Waals surface area contributed by atoms with Crippen molar-refractivity contribution >= 4 is 21.6 Å². The lowest BCUT2D eigenvalue weighted by atomic mass is 10.1. The zero-order chi connectivity index (χ0) is 22.5. The number of aryl methyl sites for hydroxylation is 2. The van der Waals surface area contributed by atoms with Gasteiger partial charge in [0.2, 0.25) is 15.9 Å². The van der Waals surface area contributed by atoms with E-state index in [1.165, 1.54) is 0 Å². The topological polar surface area (TPSA) is 84.9 Å². The van der Waals surface area contributed by atoms with Gasteiger partial charge in [-0.05, 0) is 68.7 Å². The molecular formula is C22H30N2O5S. The standard InChI is InChI=1S/C22H30N2O5S/c1-15(2)29-20-8-7-18(12-21(20)28-5)13-23-22(25)14-24(30(6,26)27)19-10-16(3)9-17(4)11-19/h7-12,15H,13-14H2,1-6H3,(H,23,25). The molecule has 2 rings (SSSR count). The predicted molar refractivity (Wildman–Crippen MR) is 119 cm³/mol. The minimum atomic E-state index is -3.62. The highest BCUT2D eigenvalue weighted by Gasteiger charge is 2.21. The van der Waals surface area contributed by atoms with Gasteiger partial charge in [0, 0.05) is 6.54 Å². The van der Waals surface area contributed by atoms with Crippen LogP contribution in [0.2, 0.25) is 0 Å². The number of benzene rings is 2. The Morgan fingerprint density at radius 2 is 1.70 bits per heavy atom. The van der Waals surface area contributed by atoms with Crippen molar-refractivity contribution in [3.8, 4) is 11.5 Å². The molecule has 0 spiro atoms. The van der Waals surface area contributed by atoms with Gasteiger partial charge in [-0.2, -0.15) is 0 Å². The molecule has 1 amide bonds. The molecule has 2 aromatic carbocycles. The van der Waals surface area contributed by atoms with E-state index in [1.54, 1.807) is 31.4 Å². The molecule has 0 aliphatic carbocycles. The number of carbonyl (C=O) groups excluding carboxylic acids is 1. The second-order valence-corrected chi connectivity index (χ2v) is 9.45. The van der Waals surface area contributed by atoms with Crippen LogP contribution in [-0.4, -0.2) is 40.3 Å². The smallest absolute Gasteiger partial charge is 0.241 e. The number of methoxy groups -OCH3 is 1. The Labute approximate surface area is 179 Å². The van der Waals surface area contributed by atoms with Crippen molar-refractivity contribution in [2.45, 2.75) is 40.3 Å². The fourth-order valence-corrected chi connectivity index (χ4v) is 3.90. The van der Waals surface area contributed by atoms with E-state index in [-0.39, 0.29) is 19.2 Å². The van der Waals surface area contributed by atoms with Gasteiger partial charge in [0.15, 0.2) is 11.5 Å². The molecule has 8 heteroatoms. The van der Waals surface area contributed by atoms with Crippen LogP contribution in [-0.2, 0) is 21.4 Å².